The van der Waals surface area contributed by atoms with Gasteiger partial charge in [0, 0.05) is 26.2 Å². The van der Waals surface area contributed by atoms with E-state index in [1.54, 1.807) is 0 Å². The van der Waals surface area contributed by atoms with Crippen molar-refractivity contribution in [2.75, 3.05) is 32.7 Å². The van der Waals surface area contributed by atoms with Crippen LogP contribution >= 0.6 is 0 Å². The fourth-order valence-electron chi connectivity index (χ4n) is 2.32. The lowest BCUT2D eigenvalue weighted by atomic mass is 10.1. The number of rotatable bonds is 6. The molecule has 0 saturated carbocycles. The van der Waals surface area contributed by atoms with Crippen LogP contribution in [0.5, 0.6) is 0 Å². The van der Waals surface area contributed by atoms with Gasteiger partial charge in [-0.05, 0) is 20.3 Å². The minimum absolute atomic E-state index is 0.0229. The zero-order valence-corrected chi connectivity index (χ0v) is 12.3. The highest BCUT2D eigenvalue weighted by molar-refractivity contribution is 5.71. The van der Waals surface area contributed by atoms with E-state index in [2.05, 4.69) is 22.8 Å². The first-order chi connectivity index (χ1) is 9.06. The maximum absolute atomic E-state index is 11.6. The summed E-state index contributed by atoms with van der Waals surface area (Å²) in [5.74, 6) is -0.158. The van der Waals surface area contributed by atoms with E-state index in [0.717, 1.165) is 39.0 Å². The number of carbonyl (C=O) groups excluding carboxylic acids is 1. The van der Waals surface area contributed by atoms with Crippen LogP contribution in [0.1, 0.15) is 33.6 Å². The molecule has 0 spiro atoms. The molecule has 0 N–H and O–H groups in total. The number of nitrogens with zero attached hydrogens (tertiary/aromatic N) is 3. The summed E-state index contributed by atoms with van der Waals surface area (Å²) in [6.07, 6.45) is 1.90. The molecule has 0 bridgehead atoms. The average molecular weight is 267 g/mol. The number of hydrogen-bond donors (Lipinski definition) is 0. The van der Waals surface area contributed by atoms with Gasteiger partial charge in [-0.3, -0.25) is 14.6 Å². The van der Waals surface area contributed by atoms with Crippen LogP contribution < -0.4 is 0 Å². The fraction of sp³-hybridized carbons (Fsp3) is 0.857. The lowest BCUT2D eigenvalue weighted by Crippen LogP contribution is -2.51. The molecule has 1 aliphatic rings. The molecule has 1 aliphatic heterocycles. The predicted octanol–water partition coefficient (Wildman–Crippen LogP) is 1.25. The summed E-state index contributed by atoms with van der Waals surface area (Å²) >= 11 is 0. The Hall–Kier alpha value is -1.12. The van der Waals surface area contributed by atoms with Crippen LogP contribution in [0.2, 0.25) is 0 Å². The molecule has 0 aromatic rings. The largest absolute Gasteiger partial charge is 0.462 e. The van der Waals surface area contributed by atoms with Gasteiger partial charge in [0.2, 0.25) is 0 Å². The highest BCUT2D eigenvalue weighted by atomic mass is 16.5. The minimum atomic E-state index is -0.158. The molecule has 0 aliphatic carbocycles. The molecule has 5 heteroatoms. The average Bonchev–Trinajstić information content (AvgIpc) is 2.36. The molecule has 0 radical (unpaired) electrons. The van der Waals surface area contributed by atoms with Crippen molar-refractivity contribution < 1.29 is 9.53 Å². The van der Waals surface area contributed by atoms with Gasteiger partial charge in [-0.1, -0.05) is 13.3 Å². The Morgan fingerprint density at radius 2 is 1.95 bits per heavy atom. The Labute approximate surface area is 116 Å². The van der Waals surface area contributed by atoms with Gasteiger partial charge in [-0.2, -0.15) is 5.26 Å². The molecule has 1 rings (SSSR count). The van der Waals surface area contributed by atoms with Crippen LogP contribution in [-0.4, -0.2) is 60.6 Å². The van der Waals surface area contributed by atoms with Crippen molar-refractivity contribution in [3.8, 4) is 6.07 Å². The smallest absolute Gasteiger partial charge is 0.320 e. The normalized spacial score (nSPS) is 19.1. The molecule has 1 saturated heterocycles. The molecule has 1 fully saturated rings. The Morgan fingerprint density at radius 3 is 2.42 bits per heavy atom. The van der Waals surface area contributed by atoms with Gasteiger partial charge in [0.05, 0.1) is 24.8 Å². The maximum Gasteiger partial charge on any atom is 0.320 e. The highest BCUT2D eigenvalue weighted by Crippen LogP contribution is 2.10. The lowest BCUT2D eigenvalue weighted by Gasteiger charge is -2.36. The van der Waals surface area contributed by atoms with Gasteiger partial charge in [0.1, 0.15) is 0 Å². The van der Waals surface area contributed by atoms with Crippen molar-refractivity contribution in [2.24, 2.45) is 0 Å². The van der Waals surface area contributed by atoms with Gasteiger partial charge >= 0.3 is 5.97 Å². The number of piperazine rings is 1. The van der Waals surface area contributed by atoms with E-state index < -0.39 is 0 Å². The van der Waals surface area contributed by atoms with Crippen molar-refractivity contribution in [1.82, 2.24) is 9.80 Å². The van der Waals surface area contributed by atoms with Crippen molar-refractivity contribution in [2.45, 2.75) is 45.8 Å². The zero-order valence-electron chi connectivity index (χ0n) is 12.3. The van der Waals surface area contributed by atoms with E-state index in [-0.39, 0.29) is 18.1 Å². The maximum atomic E-state index is 11.6. The van der Waals surface area contributed by atoms with E-state index in [9.17, 15) is 4.79 Å². The second-order valence-corrected chi connectivity index (χ2v) is 5.28. The molecule has 1 atom stereocenters. The van der Waals surface area contributed by atoms with Crippen molar-refractivity contribution >= 4 is 5.97 Å². The van der Waals surface area contributed by atoms with Gasteiger partial charge in [0.25, 0.3) is 0 Å². The summed E-state index contributed by atoms with van der Waals surface area (Å²) in [7, 11) is 0. The number of ether oxygens (including phenoxy) is 1. The topological polar surface area (TPSA) is 56.6 Å². The molecule has 5 nitrogen and oxygen atoms in total. The number of carbonyl (C=O) groups is 1. The Kier molecular flexibility index (Phi) is 6.82. The van der Waals surface area contributed by atoms with Crippen LogP contribution in [0.3, 0.4) is 0 Å². The molecule has 19 heavy (non-hydrogen) atoms. The quantitative estimate of drug-likeness (QED) is 0.678. The molecular weight excluding hydrogens is 242 g/mol. The second-order valence-electron chi connectivity index (χ2n) is 5.28. The number of hydrogen-bond acceptors (Lipinski definition) is 5. The summed E-state index contributed by atoms with van der Waals surface area (Å²) < 4.78 is 5.14. The summed E-state index contributed by atoms with van der Waals surface area (Å²) in [4.78, 5) is 15.9. The van der Waals surface area contributed by atoms with E-state index in [1.807, 2.05) is 13.8 Å². The van der Waals surface area contributed by atoms with E-state index >= 15 is 0 Å². The fourth-order valence-corrected chi connectivity index (χ4v) is 2.32. The molecule has 1 heterocycles. The van der Waals surface area contributed by atoms with Crippen LogP contribution in [-0.2, 0) is 9.53 Å². The Morgan fingerprint density at radius 1 is 1.32 bits per heavy atom. The Balaban J connectivity index is 2.32. The van der Waals surface area contributed by atoms with Crippen molar-refractivity contribution in [3.63, 3.8) is 0 Å². The van der Waals surface area contributed by atoms with Crippen LogP contribution in [0.15, 0.2) is 0 Å². The second kappa shape index (κ2) is 8.13. The molecular formula is C14H25N3O2. The third-order valence-electron chi connectivity index (χ3n) is 3.28. The summed E-state index contributed by atoms with van der Waals surface area (Å²) in [6, 6.07) is 2.39. The molecule has 1 unspecified atom stereocenters. The third-order valence-corrected chi connectivity index (χ3v) is 3.28. The summed E-state index contributed by atoms with van der Waals surface area (Å²) in [5.41, 5.74) is 0. The van der Waals surface area contributed by atoms with E-state index in [1.165, 1.54) is 0 Å². The standard InChI is InChI=1S/C14H25N3O2/c1-4-5-13(10-15)17-8-6-16(7-9-17)11-14(18)19-12(2)3/h12-13H,4-9,11H2,1-3H3. The van der Waals surface area contributed by atoms with E-state index in [0.29, 0.717) is 6.54 Å². The molecule has 108 valence electrons. The van der Waals surface area contributed by atoms with Gasteiger partial charge in [-0.15, -0.1) is 0 Å². The van der Waals surface area contributed by atoms with Gasteiger partial charge < -0.3 is 4.74 Å². The van der Waals surface area contributed by atoms with Crippen LogP contribution in [0.4, 0.5) is 0 Å². The van der Waals surface area contributed by atoms with Crippen molar-refractivity contribution in [1.29, 1.82) is 5.26 Å². The minimum Gasteiger partial charge on any atom is -0.462 e. The lowest BCUT2D eigenvalue weighted by molar-refractivity contribution is -0.149. The summed E-state index contributed by atoms with van der Waals surface area (Å²) in [5, 5.41) is 9.14. The molecule has 0 aromatic heterocycles. The first kappa shape index (κ1) is 15.9. The first-order valence-corrected chi connectivity index (χ1v) is 7.12. The molecule has 0 aromatic carbocycles. The van der Waals surface area contributed by atoms with E-state index in [4.69, 9.17) is 10.00 Å². The van der Waals surface area contributed by atoms with Gasteiger partial charge in [0.15, 0.2) is 0 Å². The SMILES string of the molecule is CCCC(C#N)N1CCN(CC(=O)OC(C)C)CC1. The monoisotopic (exact) mass is 267 g/mol. The highest BCUT2D eigenvalue weighted by Gasteiger charge is 2.24. The third kappa shape index (κ3) is 5.58. The van der Waals surface area contributed by atoms with Crippen LogP contribution in [0.25, 0.3) is 0 Å². The Bertz CT molecular complexity index is 317. The number of nitriles is 1. The molecule has 0 amide bonds. The predicted molar refractivity (Wildman–Crippen MR) is 73.6 cm³/mol. The zero-order chi connectivity index (χ0) is 14.3. The number of esters is 1. The van der Waals surface area contributed by atoms with Gasteiger partial charge in [-0.25, -0.2) is 0 Å². The first-order valence-electron chi connectivity index (χ1n) is 7.12. The van der Waals surface area contributed by atoms with Crippen molar-refractivity contribution in [3.05, 3.63) is 0 Å². The summed E-state index contributed by atoms with van der Waals surface area (Å²) in [6.45, 7) is 9.54. The van der Waals surface area contributed by atoms with Crippen LogP contribution in [0, 0.1) is 11.3 Å².